The molecule has 0 saturated carbocycles. The Hall–Kier alpha value is -5.26. The summed E-state index contributed by atoms with van der Waals surface area (Å²) in [5.41, 5.74) is 0.780. The van der Waals surface area contributed by atoms with Crippen LogP contribution in [0.1, 0.15) is 44.1 Å². The van der Waals surface area contributed by atoms with Crippen LogP contribution >= 0.6 is 0 Å². The van der Waals surface area contributed by atoms with Gasteiger partial charge in [-0.3, -0.25) is 14.7 Å². The van der Waals surface area contributed by atoms with Crippen molar-refractivity contribution in [2.24, 2.45) is 5.92 Å². The van der Waals surface area contributed by atoms with E-state index in [0.717, 1.165) is 38.8 Å². The maximum absolute atomic E-state index is 16.9. The number of fused-ring (bicyclic) bond motifs is 3. The fourth-order valence-corrected chi connectivity index (χ4v) is 7.77. The molecule has 0 spiro atoms. The zero-order valence-corrected chi connectivity index (χ0v) is 26.6. The number of rotatable bonds is 7. The fourth-order valence-electron chi connectivity index (χ4n) is 7.77. The number of anilines is 1. The second-order valence-electron chi connectivity index (χ2n) is 13.0. The topological polar surface area (TPSA) is 128 Å². The second kappa shape index (κ2) is 12.7. The van der Waals surface area contributed by atoms with Gasteiger partial charge in [-0.2, -0.15) is 15.2 Å². The number of phenolic OH excluding ortho intramolecular Hbond substituents is 1. The van der Waals surface area contributed by atoms with Crippen molar-refractivity contribution in [1.82, 2.24) is 25.2 Å². The maximum Gasteiger partial charge on any atom is 0.319 e. The molecule has 3 saturated heterocycles. The number of benzene rings is 2. The monoisotopic (exact) mass is 645 g/mol. The molecule has 0 aliphatic carbocycles. The summed E-state index contributed by atoms with van der Waals surface area (Å²) >= 11 is 0. The lowest BCUT2D eigenvalue weighted by atomic mass is 9.95. The third-order valence-corrected chi connectivity index (χ3v) is 10.1. The number of halogens is 1. The number of ether oxygens (including phenoxy) is 1. The van der Waals surface area contributed by atoms with E-state index in [2.05, 4.69) is 38.8 Å². The molecular formula is C37H36FN7O3. The van der Waals surface area contributed by atoms with Crippen LogP contribution < -0.4 is 15.0 Å². The molecular weight excluding hydrogens is 609 g/mol. The molecule has 3 aliphatic heterocycles. The minimum Gasteiger partial charge on any atom is -0.508 e. The van der Waals surface area contributed by atoms with Gasteiger partial charge in [0, 0.05) is 41.8 Å². The molecule has 7 rings (SSSR count). The summed E-state index contributed by atoms with van der Waals surface area (Å²) in [5, 5.41) is 24.9. The predicted octanol–water partition coefficient (Wildman–Crippen LogP) is 5.09. The van der Waals surface area contributed by atoms with Gasteiger partial charge in [0.1, 0.15) is 29.4 Å². The summed E-state index contributed by atoms with van der Waals surface area (Å²) in [7, 11) is 0. The van der Waals surface area contributed by atoms with Crippen molar-refractivity contribution in [3.8, 4) is 41.4 Å². The van der Waals surface area contributed by atoms with Crippen LogP contribution in [0.2, 0.25) is 0 Å². The van der Waals surface area contributed by atoms with Crippen LogP contribution in [-0.4, -0.2) is 75.2 Å². The van der Waals surface area contributed by atoms with Crippen LogP contribution in [0, 0.1) is 35.4 Å². The molecule has 0 bridgehead atoms. The lowest BCUT2D eigenvalue weighted by Crippen LogP contribution is -2.44. The molecule has 0 unspecified atom stereocenters. The highest BCUT2D eigenvalue weighted by Crippen LogP contribution is 2.41. The Morgan fingerprint density at radius 3 is 2.81 bits per heavy atom. The Balaban J connectivity index is 1.37. The zero-order valence-electron chi connectivity index (χ0n) is 26.6. The number of nitriles is 1. The number of hydrogen-bond acceptors (Lipinski definition) is 9. The van der Waals surface area contributed by atoms with E-state index in [1.165, 1.54) is 18.3 Å². The lowest BCUT2D eigenvalue weighted by molar-refractivity contribution is -0.117. The van der Waals surface area contributed by atoms with E-state index in [4.69, 9.17) is 16.1 Å². The summed E-state index contributed by atoms with van der Waals surface area (Å²) in [6.45, 7) is 6.77. The number of pyridine rings is 1. The molecule has 2 aromatic heterocycles. The highest BCUT2D eigenvalue weighted by atomic mass is 19.1. The van der Waals surface area contributed by atoms with Gasteiger partial charge in [-0.1, -0.05) is 24.6 Å². The van der Waals surface area contributed by atoms with Crippen molar-refractivity contribution < 1.29 is 19.0 Å². The molecule has 2 N–H and O–H groups in total. The molecule has 3 fully saturated rings. The third-order valence-electron chi connectivity index (χ3n) is 10.1. The highest BCUT2D eigenvalue weighted by Gasteiger charge is 2.45. The highest BCUT2D eigenvalue weighted by molar-refractivity contribution is 6.02. The van der Waals surface area contributed by atoms with Crippen molar-refractivity contribution in [3.63, 3.8) is 0 Å². The van der Waals surface area contributed by atoms with Gasteiger partial charge in [0.25, 0.3) is 0 Å². The number of aromatic nitrogens is 3. The van der Waals surface area contributed by atoms with Crippen LogP contribution in [0.5, 0.6) is 11.8 Å². The first-order chi connectivity index (χ1) is 23.3. The Bertz CT molecular complexity index is 2010. The predicted molar refractivity (Wildman–Crippen MR) is 181 cm³/mol. The van der Waals surface area contributed by atoms with Gasteiger partial charge in [-0.05, 0) is 81.3 Å². The molecule has 5 heterocycles. The van der Waals surface area contributed by atoms with Crippen molar-refractivity contribution in [3.05, 3.63) is 60.6 Å². The van der Waals surface area contributed by atoms with Crippen LogP contribution in [0.3, 0.4) is 0 Å². The SMILES string of the molecule is C#Cc1cccc2cc(O)cc(-c3ncc4c(N5CC[C@H](C#N)C[C@@H](NC(=O)C=C)C5)nc(OCC56CCCN5CCC6)nc4c3F)c12. The van der Waals surface area contributed by atoms with E-state index >= 15 is 4.39 Å². The van der Waals surface area contributed by atoms with Gasteiger partial charge in [-0.15, -0.1) is 6.42 Å². The Morgan fingerprint density at radius 2 is 2.06 bits per heavy atom. The first-order valence-corrected chi connectivity index (χ1v) is 16.4. The number of aromatic hydroxyl groups is 1. The summed E-state index contributed by atoms with van der Waals surface area (Å²) in [4.78, 5) is 30.8. The average molecular weight is 646 g/mol. The van der Waals surface area contributed by atoms with E-state index in [0.29, 0.717) is 65.6 Å². The number of amides is 1. The molecule has 2 aromatic carbocycles. The van der Waals surface area contributed by atoms with E-state index in [1.807, 2.05) is 4.90 Å². The van der Waals surface area contributed by atoms with Crippen molar-refractivity contribution in [1.29, 1.82) is 5.26 Å². The van der Waals surface area contributed by atoms with Crippen LogP contribution in [0.15, 0.2) is 49.2 Å². The van der Waals surface area contributed by atoms with E-state index in [9.17, 15) is 15.2 Å². The van der Waals surface area contributed by atoms with Gasteiger partial charge < -0.3 is 20.1 Å². The number of carbonyl (C=O) groups is 1. The molecule has 244 valence electrons. The third kappa shape index (κ3) is 5.65. The van der Waals surface area contributed by atoms with Gasteiger partial charge in [0.05, 0.1) is 22.9 Å². The van der Waals surface area contributed by atoms with E-state index in [1.54, 1.807) is 24.3 Å². The number of nitrogens with zero attached hydrogens (tertiary/aromatic N) is 6. The molecule has 10 nitrogen and oxygen atoms in total. The van der Waals surface area contributed by atoms with Crippen LogP contribution in [-0.2, 0) is 4.79 Å². The van der Waals surface area contributed by atoms with Crippen LogP contribution in [0.25, 0.3) is 32.9 Å². The Labute approximate surface area is 278 Å². The summed E-state index contributed by atoms with van der Waals surface area (Å²) in [5.74, 6) is 1.68. The number of carbonyl (C=O) groups excluding carboxylic acids is 1. The minimum atomic E-state index is -0.706. The molecule has 2 atom stereocenters. The van der Waals surface area contributed by atoms with Gasteiger partial charge in [-0.25, -0.2) is 4.39 Å². The van der Waals surface area contributed by atoms with Gasteiger partial charge in [0.15, 0.2) is 5.82 Å². The van der Waals surface area contributed by atoms with Crippen molar-refractivity contribution in [2.75, 3.05) is 37.7 Å². The molecule has 48 heavy (non-hydrogen) atoms. The van der Waals surface area contributed by atoms with Gasteiger partial charge >= 0.3 is 6.01 Å². The summed E-state index contributed by atoms with van der Waals surface area (Å²) in [6.07, 6.45) is 13.8. The molecule has 3 aliphatic rings. The van der Waals surface area contributed by atoms with E-state index in [-0.39, 0.29) is 46.4 Å². The second-order valence-corrected chi connectivity index (χ2v) is 13.0. The molecule has 11 heteroatoms. The lowest BCUT2D eigenvalue weighted by Gasteiger charge is -2.31. The number of nitrogens with one attached hydrogen (secondary N) is 1. The van der Waals surface area contributed by atoms with Crippen LogP contribution in [0.4, 0.5) is 10.2 Å². The number of terminal acetylenes is 1. The van der Waals surface area contributed by atoms with Gasteiger partial charge in [0.2, 0.25) is 5.91 Å². The minimum absolute atomic E-state index is 0.00892. The number of phenols is 1. The smallest absolute Gasteiger partial charge is 0.319 e. The molecule has 0 radical (unpaired) electrons. The summed E-state index contributed by atoms with van der Waals surface area (Å²) in [6, 6.07) is 10.4. The first kappa shape index (κ1) is 31.3. The van der Waals surface area contributed by atoms with Crippen molar-refractivity contribution >= 4 is 33.4 Å². The molecule has 4 aromatic rings. The molecule has 1 amide bonds. The Morgan fingerprint density at radius 1 is 1.25 bits per heavy atom. The van der Waals surface area contributed by atoms with E-state index < -0.39 is 5.82 Å². The number of hydrogen-bond donors (Lipinski definition) is 2. The van der Waals surface area contributed by atoms with Crippen molar-refractivity contribution in [2.45, 2.75) is 50.1 Å². The standard InChI is InChI=1S/C37H36FN7O3/c1-3-24-8-5-9-25-17-27(46)18-28(31(24)25)33-32(38)34-29(20-40-33)35(44-15-10-23(19-39)16-26(21-44)41-30(47)4-2)43-36(42-34)48-22-37-11-6-13-45(37)14-7-12-37/h1,4-5,8-9,17-18,20,23,26,46H,2,6-7,10-16,21-22H2,(H,41,47)/t23-,26+/m0/s1. The zero-order chi connectivity index (χ0) is 33.4. The normalized spacial score (nSPS) is 20.5. The summed E-state index contributed by atoms with van der Waals surface area (Å²) < 4.78 is 23.3. The average Bonchev–Trinajstić information content (AvgIpc) is 3.61. The first-order valence-electron chi connectivity index (χ1n) is 16.4. The quantitative estimate of drug-likeness (QED) is 0.209. The fraction of sp³-hybridized carbons (Fsp3) is 0.378. The Kier molecular flexibility index (Phi) is 8.32. The maximum atomic E-state index is 16.9. The largest absolute Gasteiger partial charge is 0.508 e.